The number of hydrogen-bond acceptors (Lipinski definition) is 3. The first-order valence-electron chi connectivity index (χ1n) is 6.59. The summed E-state index contributed by atoms with van der Waals surface area (Å²) in [6.07, 6.45) is 2.60. The van der Waals surface area contributed by atoms with Crippen LogP contribution in [0.15, 0.2) is 23.4 Å². The Balaban J connectivity index is 2.30. The SMILES string of the molecule is Cc1cc(Cl)ccc1C(=O)N1CCCCC1/C(N)=N/O. The molecule has 1 aromatic rings. The van der Waals surface area contributed by atoms with E-state index in [-0.39, 0.29) is 17.8 Å². The third-order valence-corrected chi connectivity index (χ3v) is 3.87. The summed E-state index contributed by atoms with van der Waals surface area (Å²) in [6.45, 7) is 2.46. The minimum absolute atomic E-state index is 0.0877. The standard InChI is InChI=1S/C14H18ClN3O2/c1-9-8-10(15)5-6-11(9)14(19)18-7-3-2-4-12(18)13(16)17-20/h5-6,8,12,20H,2-4,7H2,1H3,(H2,16,17). The van der Waals surface area contributed by atoms with Gasteiger partial charge in [-0.2, -0.15) is 0 Å². The van der Waals surface area contributed by atoms with Gasteiger partial charge in [-0.3, -0.25) is 4.79 Å². The summed E-state index contributed by atoms with van der Waals surface area (Å²) in [5, 5.41) is 12.5. The van der Waals surface area contributed by atoms with Crippen LogP contribution < -0.4 is 5.73 Å². The lowest BCUT2D eigenvalue weighted by Crippen LogP contribution is -2.50. The highest BCUT2D eigenvalue weighted by Gasteiger charge is 2.30. The highest BCUT2D eigenvalue weighted by atomic mass is 35.5. The van der Waals surface area contributed by atoms with E-state index < -0.39 is 0 Å². The van der Waals surface area contributed by atoms with Crippen LogP contribution in [0.1, 0.15) is 35.2 Å². The molecule has 0 radical (unpaired) electrons. The number of oxime groups is 1. The number of hydrogen-bond donors (Lipinski definition) is 2. The lowest BCUT2D eigenvalue weighted by molar-refractivity contribution is 0.0676. The van der Waals surface area contributed by atoms with Gasteiger partial charge in [0.2, 0.25) is 0 Å². The highest BCUT2D eigenvalue weighted by molar-refractivity contribution is 6.30. The molecule has 1 fully saturated rings. The normalized spacial score (nSPS) is 20.0. The Morgan fingerprint density at radius 1 is 1.50 bits per heavy atom. The summed E-state index contributed by atoms with van der Waals surface area (Å²) >= 11 is 5.91. The maximum Gasteiger partial charge on any atom is 0.254 e. The van der Waals surface area contributed by atoms with E-state index in [0.717, 1.165) is 18.4 Å². The molecule has 0 bridgehead atoms. The van der Waals surface area contributed by atoms with Crippen LogP contribution in [0.2, 0.25) is 5.02 Å². The molecule has 0 aliphatic carbocycles. The molecule has 3 N–H and O–H groups in total. The van der Waals surface area contributed by atoms with E-state index in [1.54, 1.807) is 23.1 Å². The Morgan fingerprint density at radius 3 is 2.90 bits per heavy atom. The van der Waals surface area contributed by atoms with Crippen LogP contribution in [-0.4, -0.2) is 34.4 Å². The monoisotopic (exact) mass is 295 g/mol. The van der Waals surface area contributed by atoms with Crippen molar-refractivity contribution in [1.82, 2.24) is 4.90 Å². The minimum atomic E-state index is -0.337. The second kappa shape index (κ2) is 6.13. The number of carbonyl (C=O) groups is 1. The molecule has 1 aliphatic heterocycles. The molecule has 1 aromatic carbocycles. The number of aryl methyl sites for hydroxylation is 1. The van der Waals surface area contributed by atoms with Gasteiger partial charge in [-0.1, -0.05) is 16.8 Å². The molecular formula is C14H18ClN3O2. The number of nitrogens with two attached hydrogens (primary N) is 1. The Kier molecular flexibility index (Phi) is 4.49. The van der Waals surface area contributed by atoms with Crippen molar-refractivity contribution >= 4 is 23.3 Å². The Bertz CT molecular complexity index is 545. The average Bonchev–Trinajstić information content (AvgIpc) is 2.46. The van der Waals surface area contributed by atoms with Crippen molar-refractivity contribution in [2.24, 2.45) is 10.9 Å². The van der Waals surface area contributed by atoms with Crippen LogP contribution in [0.5, 0.6) is 0 Å². The number of benzene rings is 1. The Hall–Kier alpha value is -1.75. The van der Waals surface area contributed by atoms with Crippen molar-refractivity contribution < 1.29 is 10.0 Å². The van der Waals surface area contributed by atoms with Crippen molar-refractivity contribution in [3.8, 4) is 0 Å². The van der Waals surface area contributed by atoms with Gasteiger partial charge in [-0.15, -0.1) is 0 Å². The number of halogens is 1. The van der Waals surface area contributed by atoms with Crippen molar-refractivity contribution in [1.29, 1.82) is 0 Å². The summed E-state index contributed by atoms with van der Waals surface area (Å²) < 4.78 is 0. The van der Waals surface area contributed by atoms with E-state index in [9.17, 15) is 4.79 Å². The molecule has 1 atom stereocenters. The van der Waals surface area contributed by atoms with Crippen LogP contribution in [0.25, 0.3) is 0 Å². The van der Waals surface area contributed by atoms with E-state index in [0.29, 0.717) is 23.6 Å². The first-order chi connectivity index (χ1) is 9.54. The van der Waals surface area contributed by atoms with E-state index in [1.165, 1.54) is 0 Å². The fourth-order valence-electron chi connectivity index (χ4n) is 2.57. The highest BCUT2D eigenvalue weighted by Crippen LogP contribution is 2.22. The topological polar surface area (TPSA) is 78.9 Å². The lowest BCUT2D eigenvalue weighted by Gasteiger charge is -2.35. The van der Waals surface area contributed by atoms with Crippen LogP contribution in [0, 0.1) is 6.92 Å². The molecule has 0 spiro atoms. The zero-order valence-electron chi connectivity index (χ0n) is 11.3. The van der Waals surface area contributed by atoms with Crippen LogP contribution in [0.4, 0.5) is 0 Å². The van der Waals surface area contributed by atoms with Gasteiger partial charge in [-0.05, 0) is 49.9 Å². The molecule has 5 nitrogen and oxygen atoms in total. The van der Waals surface area contributed by atoms with Gasteiger partial charge < -0.3 is 15.8 Å². The average molecular weight is 296 g/mol. The first-order valence-corrected chi connectivity index (χ1v) is 6.97. The van der Waals surface area contributed by atoms with Gasteiger partial charge in [0.1, 0.15) is 0 Å². The largest absolute Gasteiger partial charge is 0.409 e. The quantitative estimate of drug-likeness (QED) is 0.380. The maximum absolute atomic E-state index is 12.7. The maximum atomic E-state index is 12.7. The predicted octanol–water partition coefficient (Wildman–Crippen LogP) is 2.39. The number of rotatable bonds is 2. The molecule has 1 aliphatic rings. The van der Waals surface area contributed by atoms with Crippen LogP contribution in [0.3, 0.4) is 0 Å². The molecule has 6 heteroatoms. The summed E-state index contributed by atoms with van der Waals surface area (Å²) in [5.74, 6) is -0.0138. The smallest absolute Gasteiger partial charge is 0.254 e. The molecule has 0 aromatic heterocycles. The summed E-state index contributed by atoms with van der Waals surface area (Å²) in [7, 11) is 0. The van der Waals surface area contributed by atoms with Crippen LogP contribution in [-0.2, 0) is 0 Å². The van der Waals surface area contributed by atoms with Gasteiger partial charge in [0.15, 0.2) is 5.84 Å². The molecule has 20 heavy (non-hydrogen) atoms. The Labute approximate surface area is 123 Å². The van der Waals surface area contributed by atoms with Crippen molar-refractivity contribution in [3.63, 3.8) is 0 Å². The second-order valence-electron chi connectivity index (χ2n) is 4.99. The second-order valence-corrected chi connectivity index (χ2v) is 5.43. The summed E-state index contributed by atoms with van der Waals surface area (Å²) in [5.41, 5.74) is 7.13. The van der Waals surface area contributed by atoms with E-state index in [2.05, 4.69) is 5.16 Å². The van der Waals surface area contributed by atoms with Gasteiger partial charge in [0, 0.05) is 17.1 Å². The van der Waals surface area contributed by atoms with Gasteiger partial charge in [-0.25, -0.2) is 0 Å². The lowest BCUT2D eigenvalue weighted by atomic mass is 9.99. The molecule has 2 rings (SSSR count). The number of nitrogens with zero attached hydrogens (tertiary/aromatic N) is 2. The molecule has 108 valence electrons. The molecule has 1 heterocycles. The van der Waals surface area contributed by atoms with Gasteiger partial charge in [0.05, 0.1) is 6.04 Å². The number of piperidine rings is 1. The van der Waals surface area contributed by atoms with Crippen LogP contribution >= 0.6 is 11.6 Å². The molecular weight excluding hydrogens is 278 g/mol. The fraction of sp³-hybridized carbons (Fsp3) is 0.429. The third kappa shape index (κ3) is 2.88. The molecule has 1 unspecified atom stereocenters. The predicted molar refractivity (Wildman–Crippen MR) is 78.3 cm³/mol. The fourth-order valence-corrected chi connectivity index (χ4v) is 2.80. The zero-order chi connectivity index (χ0) is 14.7. The minimum Gasteiger partial charge on any atom is -0.409 e. The van der Waals surface area contributed by atoms with E-state index in [1.807, 2.05) is 6.92 Å². The number of likely N-dealkylation sites (tertiary alicyclic amines) is 1. The number of amides is 1. The van der Waals surface area contributed by atoms with Crippen molar-refractivity contribution in [2.45, 2.75) is 32.2 Å². The number of carbonyl (C=O) groups excluding carboxylic acids is 1. The molecule has 0 saturated carbocycles. The number of amidine groups is 1. The van der Waals surface area contributed by atoms with Gasteiger partial charge >= 0.3 is 0 Å². The van der Waals surface area contributed by atoms with Crippen molar-refractivity contribution in [3.05, 3.63) is 34.3 Å². The Morgan fingerprint density at radius 2 is 2.25 bits per heavy atom. The first kappa shape index (κ1) is 14.7. The zero-order valence-corrected chi connectivity index (χ0v) is 12.1. The molecule has 1 saturated heterocycles. The third-order valence-electron chi connectivity index (χ3n) is 3.64. The van der Waals surface area contributed by atoms with E-state index in [4.69, 9.17) is 22.5 Å². The van der Waals surface area contributed by atoms with Gasteiger partial charge in [0.25, 0.3) is 5.91 Å². The van der Waals surface area contributed by atoms with E-state index >= 15 is 0 Å². The molecule has 1 amide bonds. The summed E-state index contributed by atoms with van der Waals surface area (Å²) in [6, 6.07) is 4.84. The van der Waals surface area contributed by atoms with Crippen molar-refractivity contribution in [2.75, 3.05) is 6.54 Å². The summed E-state index contributed by atoms with van der Waals surface area (Å²) in [4.78, 5) is 14.3.